The number of nitriles is 1. The van der Waals surface area contributed by atoms with Crippen molar-refractivity contribution in [2.24, 2.45) is 0 Å². The van der Waals surface area contributed by atoms with Crippen LogP contribution in [0, 0.1) is 31.8 Å². The van der Waals surface area contributed by atoms with E-state index in [9.17, 15) is 5.26 Å². The van der Waals surface area contributed by atoms with Crippen molar-refractivity contribution in [3.63, 3.8) is 0 Å². The summed E-state index contributed by atoms with van der Waals surface area (Å²) in [6, 6.07) is 62.0. The van der Waals surface area contributed by atoms with Crippen molar-refractivity contribution in [2.75, 3.05) is 0 Å². The quantitative estimate of drug-likeness (QED) is 0.164. The van der Waals surface area contributed by atoms with Crippen LogP contribution in [-0.4, -0.2) is 9.13 Å². The van der Waals surface area contributed by atoms with Crippen LogP contribution in [0.5, 0.6) is 0 Å². The van der Waals surface area contributed by atoms with E-state index in [1.54, 1.807) is 6.07 Å². The molecule has 0 radical (unpaired) electrons. The predicted octanol–water partition coefficient (Wildman–Crippen LogP) is 13.9. The SMILES string of the molecule is [C-]#[N+]c1cc(-n2c3ccccc3c3cc(-c4ccc(C)cc4)ccc32)c(-n2c3ccccc3c3cc(-c4ccc(C)cc4)ccc32)cc1-c1cccc(C#N)c1. The first-order valence-electron chi connectivity index (χ1n) is 18.8. The van der Waals surface area contributed by atoms with Crippen LogP contribution in [0.2, 0.25) is 0 Å². The molecule has 2 heterocycles. The van der Waals surface area contributed by atoms with Gasteiger partial charge < -0.3 is 9.13 Å². The Kier molecular flexibility index (Phi) is 7.66. The lowest BCUT2D eigenvalue weighted by molar-refractivity contribution is 1.10. The average Bonchev–Trinajstić information content (AvgIpc) is 3.76. The molecule has 0 spiro atoms. The van der Waals surface area contributed by atoms with Gasteiger partial charge in [-0.25, -0.2) is 4.85 Å². The van der Waals surface area contributed by atoms with Crippen LogP contribution in [0.25, 0.3) is 93.2 Å². The molecular formula is C52H34N4. The molecule has 0 aliphatic carbocycles. The monoisotopic (exact) mass is 714 g/mol. The largest absolute Gasteiger partial charge is 0.308 e. The Morgan fingerprint density at radius 1 is 0.446 bits per heavy atom. The molecule has 8 aromatic carbocycles. The molecule has 4 nitrogen and oxygen atoms in total. The summed E-state index contributed by atoms with van der Waals surface area (Å²) in [5, 5.41) is 14.4. The summed E-state index contributed by atoms with van der Waals surface area (Å²) in [6.07, 6.45) is 0. The van der Waals surface area contributed by atoms with Gasteiger partial charge >= 0.3 is 0 Å². The highest BCUT2D eigenvalue weighted by Crippen LogP contribution is 2.44. The minimum Gasteiger partial charge on any atom is -0.308 e. The number of nitrogens with zero attached hydrogens (tertiary/aromatic N) is 4. The molecule has 0 aliphatic rings. The lowest BCUT2D eigenvalue weighted by Gasteiger charge is -2.20. The molecular weight excluding hydrogens is 681 g/mol. The van der Waals surface area contributed by atoms with Crippen molar-refractivity contribution in [2.45, 2.75) is 13.8 Å². The molecule has 4 heteroatoms. The molecule has 2 aromatic heterocycles. The standard InChI is InChI=1S/C52H34N4/c1-33-15-19-36(20-16-33)38-23-25-49-44(28-38)41-11-4-6-13-47(41)55(49)51-30-43(40-10-8-9-35(27-40)32-53)46(54-3)31-52(51)56-48-14-7-5-12-42(48)45-29-39(24-26-50(45)56)37-21-17-34(2)18-22-37/h4-31H,1-2H3. The van der Waals surface area contributed by atoms with E-state index in [-0.39, 0.29) is 0 Å². The third-order valence-electron chi connectivity index (χ3n) is 11.1. The fraction of sp³-hybridized carbons (Fsp3) is 0.0385. The first-order valence-corrected chi connectivity index (χ1v) is 18.8. The molecule has 0 saturated heterocycles. The number of rotatable bonds is 5. The third-order valence-corrected chi connectivity index (χ3v) is 11.1. The number of fused-ring (bicyclic) bond motifs is 6. The molecule has 0 aliphatic heterocycles. The van der Waals surface area contributed by atoms with Crippen molar-refractivity contribution in [3.05, 3.63) is 198 Å². The van der Waals surface area contributed by atoms with E-state index in [1.807, 2.05) is 24.3 Å². The van der Waals surface area contributed by atoms with Gasteiger partial charge in [0.2, 0.25) is 0 Å². The van der Waals surface area contributed by atoms with Gasteiger partial charge in [-0.3, -0.25) is 0 Å². The number of aryl methyl sites for hydroxylation is 2. The minimum atomic E-state index is 0.517. The van der Waals surface area contributed by atoms with E-state index in [4.69, 9.17) is 6.57 Å². The Labute approximate surface area is 325 Å². The summed E-state index contributed by atoms with van der Waals surface area (Å²) >= 11 is 0. The summed E-state index contributed by atoms with van der Waals surface area (Å²) in [6.45, 7) is 12.7. The highest BCUT2D eigenvalue weighted by atomic mass is 15.1. The van der Waals surface area contributed by atoms with Crippen LogP contribution in [0.1, 0.15) is 16.7 Å². The normalized spacial score (nSPS) is 11.4. The van der Waals surface area contributed by atoms with Gasteiger partial charge in [-0.1, -0.05) is 120 Å². The molecule has 0 fully saturated rings. The maximum Gasteiger partial charge on any atom is 0.197 e. The van der Waals surface area contributed by atoms with Gasteiger partial charge in [0, 0.05) is 21.5 Å². The number of para-hydroxylation sites is 2. The van der Waals surface area contributed by atoms with E-state index < -0.39 is 0 Å². The Hall–Kier alpha value is -7.66. The van der Waals surface area contributed by atoms with Gasteiger partial charge in [0.1, 0.15) is 0 Å². The van der Waals surface area contributed by atoms with Crippen LogP contribution >= 0.6 is 0 Å². The zero-order valence-corrected chi connectivity index (χ0v) is 31.0. The lowest BCUT2D eigenvalue weighted by Crippen LogP contribution is -2.04. The van der Waals surface area contributed by atoms with Crippen LogP contribution in [-0.2, 0) is 0 Å². The average molecular weight is 715 g/mol. The molecule has 0 bridgehead atoms. The summed E-state index contributed by atoms with van der Waals surface area (Å²) < 4.78 is 4.68. The summed E-state index contributed by atoms with van der Waals surface area (Å²) in [7, 11) is 0. The highest BCUT2D eigenvalue weighted by Gasteiger charge is 2.23. The van der Waals surface area contributed by atoms with Gasteiger partial charge in [-0.2, -0.15) is 5.26 Å². The number of hydrogen-bond donors (Lipinski definition) is 0. The molecule has 0 unspecified atom stereocenters. The fourth-order valence-corrected chi connectivity index (χ4v) is 8.32. The van der Waals surface area contributed by atoms with Crippen LogP contribution in [0.4, 0.5) is 5.69 Å². The Bertz CT molecular complexity index is 3270. The number of hydrogen-bond acceptors (Lipinski definition) is 1. The van der Waals surface area contributed by atoms with Gasteiger partial charge in [0.05, 0.1) is 51.6 Å². The van der Waals surface area contributed by atoms with Crippen molar-refractivity contribution in [3.8, 4) is 50.8 Å². The first-order chi connectivity index (χ1) is 27.5. The number of aromatic nitrogens is 2. The van der Waals surface area contributed by atoms with Crippen molar-refractivity contribution >= 4 is 49.3 Å². The maximum absolute atomic E-state index is 9.85. The Morgan fingerprint density at radius 2 is 0.929 bits per heavy atom. The van der Waals surface area contributed by atoms with Crippen molar-refractivity contribution < 1.29 is 0 Å². The van der Waals surface area contributed by atoms with Crippen LogP contribution < -0.4 is 0 Å². The second kappa shape index (κ2) is 13.0. The van der Waals surface area contributed by atoms with Crippen molar-refractivity contribution in [1.29, 1.82) is 5.26 Å². The molecule has 0 amide bonds. The van der Waals surface area contributed by atoms with E-state index in [1.165, 1.54) is 22.3 Å². The molecule has 56 heavy (non-hydrogen) atoms. The molecule has 0 saturated carbocycles. The Balaban J connectivity index is 1.31. The zero-order valence-electron chi connectivity index (χ0n) is 31.0. The molecule has 262 valence electrons. The minimum absolute atomic E-state index is 0.517. The van der Waals surface area contributed by atoms with E-state index in [2.05, 4.69) is 173 Å². The molecule has 0 atom stereocenters. The van der Waals surface area contributed by atoms with Crippen molar-refractivity contribution in [1.82, 2.24) is 9.13 Å². The maximum atomic E-state index is 9.85. The van der Waals surface area contributed by atoms with Gasteiger partial charge in [-0.15, -0.1) is 0 Å². The van der Waals surface area contributed by atoms with E-state index >= 15 is 0 Å². The Morgan fingerprint density at radius 3 is 1.45 bits per heavy atom. The molecule has 0 N–H and O–H groups in total. The summed E-state index contributed by atoms with van der Waals surface area (Å²) in [4.78, 5) is 4.14. The van der Waals surface area contributed by atoms with E-state index in [0.717, 1.165) is 77.2 Å². The summed E-state index contributed by atoms with van der Waals surface area (Å²) in [5.41, 5.74) is 15.9. The second-order valence-electron chi connectivity index (χ2n) is 14.6. The van der Waals surface area contributed by atoms with Gasteiger partial charge in [0.25, 0.3) is 0 Å². The smallest absolute Gasteiger partial charge is 0.197 e. The predicted molar refractivity (Wildman–Crippen MR) is 232 cm³/mol. The molecule has 10 rings (SSSR count). The topological polar surface area (TPSA) is 38.0 Å². The van der Waals surface area contributed by atoms with Crippen LogP contribution in [0.3, 0.4) is 0 Å². The third kappa shape index (κ3) is 5.28. The zero-order chi connectivity index (χ0) is 37.9. The van der Waals surface area contributed by atoms with Gasteiger partial charge in [0.15, 0.2) is 5.69 Å². The summed E-state index contributed by atoms with van der Waals surface area (Å²) in [5.74, 6) is 0. The fourth-order valence-electron chi connectivity index (χ4n) is 8.32. The molecule has 10 aromatic rings. The van der Waals surface area contributed by atoms with E-state index in [0.29, 0.717) is 11.3 Å². The van der Waals surface area contributed by atoms with Gasteiger partial charge in [-0.05, 0) is 108 Å². The highest BCUT2D eigenvalue weighted by molar-refractivity contribution is 6.13. The van der Waals surface area contributed by atoms with Crippen LogP contribution in [0.15, 0.2) is 170 Å². The number of benzene rings is 8. The first kappa shape index (κ1) is 32.9. The second-order valence-corrected chi connectivity index (χ2v) is 14.6. The lowest BCUT2D eigenvalue weighted by atomic mass is 9.99.